The molecule has 1 N–H and O–H groups in total. The molecular weight excluding hydrogens is 210 g/mol. The second-order valence-electron chi connectivity index (χ2n) is 4.47. The Hall–Kier alpha value is -1.10. The predicted octanol–water partition coefficient (Wildman–Crippen LogP) is 0.735. The van der Waals surface area contributed by atoms with Crippen LogP contribution < -0.4 is 0 Å². The summed E-state index contributed by atoms with van der Waals surface area (Å²) in [7, 11) is 0. The van der Waals surface area contributed by atoms with Crippen molar-refractivity contribution in [3.05, 3.63) is 0 Å². The first-order valence-corrected chi connectivity index (χ1v) is 5.60. The fourth-order valence-corrected chi connectivity index (χ4v) is 1.36. The van der Waals surface area contributed by atoms with Crippen molar-refractivity contribution in [2.45, 2.75) is 32.8 Å². The third-order valence-corrected chi connectivity index (χ3v) is 2.39. The topological polar surface area (TPSA) is 66.8 Å². The van der Waals surface area contributed by atoms with Crippen LogP contribution in [0.4, 0.5) is 0 Å². The highest BCUT2D eigenvalue weighted by molar-refractivity contribution is 5.82. The molecule has 0 aliphatic heterocycles. The first-order chi connectivity index (χ1) is 7.49. The molecule has 1 amide bonds. The molecule has 16 heavy (non-hydrogen) atoms. The Morgan fingerprint density at radius 2 is 2.06 bits per heavy atom. The number of carboxylic acids is 1. The third-order valence-electron chi connectivity index (χ3n) is 2.39. The molecule has 0 aromatic carbocycles. The average molecular weight is 229 g/mol. The SMILES string of the molecule is CC(C)OCC(=O)N(CC(=O)O)CC1CC1. The number of carboxylic acid groups (broad SMARTS) is 1. The van der Waals surface area contributed by atoms with E-state index in [-0.39, 0.29) is 25.2 Å². The van der Waals surface area contributed by atoms with Gasteiger partial charge in [0.15, 0.2) is 0 Å². The van der Waals surface area contributed by atoms with Crippen molar-refractivity contribution in [2.24, 2.45) is 5.92 Å². The van der Waals surface area contributed by atoms with Crippen molar-refractivity contribution in [1.29, 1.82) is 0 Å². The van der Waals surface area contributed by atoms with Gasteiger partial charge in [-0.2, -0.15) is 0 Å². The van der Waals surface area contributed by atoms with Gasteiger partial charge >= 0.3 is 5.97 Å². The summed E-state index contributed by atoms with van der Waals surface area (Å²) in [4.78, 5) is 23.7. The van der Waals surface area contributed by atoms with Crippen molar-refractivity contribution < 1.29 is 19.4 Å². The summed E-state index contributed by atoms with van der Waals surface area (Å²) in [6, 6.07) is 0. The number of nitrogens with zero attached hydrogens (tertiary/aromatic N) is 1. The first kappa shape index (κ1) is 13.0. The van der Waals surface area contributed by atoms with E-state index in [0.717, 1.165) is 12.8 Å². The lowest BCUT2D eigenvalue weighted by Crippen LogP contribution is -2.39. The number of rotatable bonds is 7. The smallest absolute Gasteiger partial charge is 0.323 e. The third kappa shape index (κ3) is 5.11. The zero-order valence-corrected chi connectivity index (χ0v) is 9.81. The Labute approximate surface area is 95.4 Å². The van der Waals surface area contributed by atoms with Crippen LogP contribution >= 0.6 is 0 Å². The lowest BCUT2D eigenvalue weighted by atomic mass is 10.3. The van der Waals surface area contributed by atoms with E-state index in [4.69, 9.17) is 9.84 Å². The van der Waals surface area contributed by atoms with Crippen LogP contribution in [0.5, 0.6) is 0 Å². The van der Waals surface area contributed by atoms with Gasteiger partial charge in [-0.25, -0.2) is 0 Å². The van der Waals surface area contributed by atoms with E-state index in [9.17, 15) is 9.59 Å². The van der Waals surface area contributed by atoms with Gasteiger partial charge in [-0.3, -0.25) is 9.59 Å². The molecule has 0 aromatic rings. The molecule has 5 heteroatoms. The quantitative estimate of drug-likeness (QED) is 0.699. The van der Waals surface area contributed by atoms with Crippen LogP contribution in [0.25, 0.3) is 0 Å². The van der Waals surface area contributed by atoms with E-state index < -0.39 is 5.97 Å². The number of ether oxygens (including phenoxy) is 1. The zero-order valence-electron chi connectivity index (χ0n) is 9.81. The summed E-state index contributed by atoms with van der Waals surface area (Å²) in [5, 5.41) is 8.71. The van der Waals surface area contributed by atoms with Crippen LogP contribution in [0.3, 0.4) is 0 Å². The summed E-state index contributed by atoms with van der Waals surface area (Å²) in [5.74, 6) is -0.719. The van der Waals surface area contributed by atoms with E-state index in [1.165, 1.54) is 4.90 Å². The van der Waals surface area contributed by atoms with E-state index in [1.807, 2.05) is 13.8 Å². The van der Waals surface area contributed by atoms with Gasteiger partial charge in [-0.05, 0) is 32.6 Å². The average Bonchev–Trinajstić information content (AvgIpc) is 2.96. The standard InChI is InChI=1S/C11H19NO4/c1-8(2)16-7-10(13)12(6-11(14)15)5-9-3-4-9/h8-9H,3-7H2,1-2H3,(H,14,15). The van der Waals surface area contributed by atoms with Gasteiger partial charge in [0.1, 0.15) is 13.2 Å². The molecule has 1 fully saturated rings. The molecule has 0 unspecified atom stereocenters. The molecule has 0 saturated heterocycles. The van der Waals surface area contributed by atoms with Crippen molar-refractivity contribution in [3.8, 4) is 0 Å². The molecule has 0 radical (unpaired) electrons. The Bertz CT molecular complexity index is 261. The van der Waals surface area contributed by atoms with Gasteiger partial charge in [0.2, 0.25) is 5.91 Å². The monoisotopic (exact) mass is 229 g/mol. The minimum atomic E-state index is -0.974. The largest absolute Gasteiger partial charge is 0.480 e. The number of carbonyl (C=O) groups is 2. The van der Waals surface area contributed by atoms with Crippen LogP contribution in [0.2, 0.25) is 0 Å². The Balaban J connectivity index is 2.39. The Kier molecular flexibility index (Phi) is 4.73. The number of hydrogen-bond donors (Lipinski definition) is 1. The van der Waals surface area contributed by atoms with Crippen LogP contribution in [0.1, 0.15) is 26.7 Å². The van der Waals surface area contributed by atoms with Crippen molar-refractivity contribution >= 4 is 11.9 Å². The number of amides is 1. The highest BCUT2D eigenvalue weighted by Crippen LogP contribution is 2.29. The van der Waals surface area contributed by atoms with E-state index in [0.29, 0.717) is 12.5 Å². The molecular formula is C11H19NO4. The summed E-state index contributed by atoms with van der Waals surface area (Å²) in [6.45, 7) is 3.98. The lowest BCUT2D eigenvalue weighted by Gasteiger charge is -2.21. The molecule has 0 spiro atoms. The van der Waals surface area contributed by atoms with E-state index in [2.05, 4.69) is 0 Å². The maximum absolute atomic E-state index is 11.7. The van der Waals surface area contributed by atoms with Crippen LogP contribution in [-0.2, 0) is 14.3 Å². The van der Waals surface area contributed by atoms with Gasteiger partial charge < -0.3 is 14.7 Å². The summed E-state index contributed by atoms with van der Waals surface area (Å²) < 4.78 is 5.18. The van der Waals surface area contributed by atoms with Crippen molar-refractivity contribution in [1.82, 2.24) is 4.90 Å². The molecule has 1 saturated carbocycles. The van der Waals surface area contributed by atoms with Crippen LogP contribution in [-0.4, -0.2) is 47.7 Å². The van der Waals surface area contributed by atoms with E-state index in [1.54, 1.807) is 0 Å². The van der Waals surface area contributed by atoms with Crippen molar-refractivity contribution in [3.63, 3.8) is 0 Å². The normalized spacial score (nSPS) is 15.2. The maximum Gasteiger partial charge on any atom is 0.323 e. The Morgan fingerprint density at radius 3 is 2.50 bits per heavy atom. The molecule has 0 atom stereocenters. The minimum absolute atomic E-state index is 0.0171. The fourth-order valence-electron chi connectivity index (χ4n) is 1.36. The summed E-state index contributed by atoms with van der Waals surface area (Å²) in [6.07, 6.45) is 2.17. The second kappa shape index (κ2) is 5.84. The first-order valence-electron chi connectivity index (χ1n) is 5.60. The fraction of sp³-hybridized carbons (Fsp3) is 0.818. The highest BCUT2D eigenvalue weighted by atomic mass is 16.5. The number of carbonyl (C=O) groups excluding carboxylic acids is 1. The zero-order chi connectivity index (χ0) is 12.1. The molecule has 92 valence electrons. The second-order valence-corrected chi connectivity index (χ2v) is 4.47. The summed E-state index contributed by atoms with van der Waals surface area (Å²) >= 11 is 0. The maximum atomic E-state index is 11.7. The minimum Gasteiger partial charge on any atom is -0.480 e. The van der Waals surface area contributed by atoms with Crippen molar-refractivity contribution in [2.75, 3.05) is 19.7 Å². The molecule has 0 aromatic heterocycles. The number of hydrogen-bond acceptors (Lipinski definition) is 3. The molecule has 0 bridgehead atoms. The van der Waals surface area contributed by atoms with E-state index >= 15 is 0 Å². The Morgan fingerprint density at radius 1 is 1.44 bits per heavy atom. The molecule has 0 heterocycles. The molecule has 1 aliphatic rings. The summed E-state index contributed by atoms with van der Waals surface area (Å²) in [5.41, 5.74) is 0. The van der Waals surface area contributed by atoms with Crippen LogP contribution in [0.15, 0.2) is 0 Å². The predicted molar refractivity (Wildman–Crippen MR) is 58.0 cm³/mol. The van der Waals surface area contributed by atoms with Gasteiger partial charge in [0.25, 0.3) is 0 Å². The number of aliphatic carboxylic acids is 1. The van der Waals surface area contributed by atoms with Gasteiger partial charge in [0.05, 0.1) is 6.10 Å². The van der Waals surface area contributed by atoms with Gasteiger partial charge in [0, 0.05) is 6.54 Å². The lowest BCUT2D eigenvalue weighted by molar-refractivity contribution is -0.147. The van der Waals surface area contributed by atoms with Gasteiger partial charge in [-0.1, -0.05) is 0 Å². The van der Waals surface area contributed by atoms with Gasteiger partial charge in [-0.15, -0.1) is 0 Å². The molecule has 1 aliphatic carbocycles. The molecule has 1 rings (SSSR count). The molecule has 5 nitrogen and oxygen atoms in total. The highest BCUT2D eigenvalue weighted by Gasteiger charge is 2.27. The van der Waals surface area contributed by atoms with Crippen LogP contribution in [0, 0.1) is 5.92 Å².